The van der Waals surface area contributed by atoms with Gasteiger partial charge in [0.15, 0.2) is 17.5 Å². The van der Waals surface area contributed by atoms with E-state index in [4.69, 9.17) is 5.11 Å². The Labute approximate surface area is 204 Å². The summed E-state index contributed by atoms with van der Waals surface area (Å²) in [4.78, 5) is 19.4. The SMILES string of the molecule is CC(C)n1cc(-c2ccnc(NC(C)(C)NC(=O)O)n2)c(-c2cc(F)c(F)c(NS(C)(=O)=O)c2F)n1. The minimum atomic E-state index is -4.14. The molecule has 4 N–H and O–H groups in total. The lowest BCUT2D eigenvalue weighted by Gasteiger charge is -2.25. The third-order valence-electron chi connectivity index (χ3n) is 4.74. The monoisotopic (exact) mass is 527 g/mol. The van der Waals surface area contributed by atoms with E-state index in [1.165, 1.54) is 37.0 Å². The summed E-state index contributed by atoms with van der Waals surface area (Å²) >= 11 is 0. The Hall–Kier alpha value is -3.88. The maximum atomic E-state index is 15.4. The summed E-state index contributed by atoms with van der Waals surface area (Å²) in [5.74, 6) is -4.55. The summed E-state index contributed by atoms with van der Waals surface area (Å²) in [5.41, 5.74) is -2.58. The quantitative estimate of drug-likeness (QED) is 0.255. The van der Waals surface area contributed by atoms with Crippen LogP contribution in [0.15, 0.2) is 24.5 Å². The molecular weight excluding hydrogens is 503 g/mol. The fourth-order valence-electron chi connectivity index (χ4n) is 3.24. The lowest BCUT2D eigenvalue weighted by atomic mass is 10.0. The molecule has 0 atom stereocenters. The van der Waals surface area contributed by atoms with Gasteiger partial charge in [0.2, 0.25) is 16.0 Å². The van der Waals surface area contributed by atoms with Gasteiger partial charge < -0.3 is 10.4 Å². The van der Waals surface area contributed by atoms with Gasteiger partial charge >= 0.3 is 6.09 Å². The molecule has 0 fully saturated rings. The highest BCUT2D eigenvalue weighted by molar-refractivity contribution is 7.92. The summed E-state index contributed by atoms with van der Waals surface area (Å²) in [6, 6.07) is 1.81. The number of carbonyl (C=O) groups is 1. The molecule has 0 saturated heterocycles. The number of hydrogen-bond donors (Lipinski definition) is 4. The third-order valence-corrected chi connectivity index (χ3v) is 5.31. The second-order valence-electron chi connectivity index (χ2n) is 8.69. The van der Waals surface area contributed by atoms with Crippen molar-refractivity contribution in [3.05, 3.63) is 42.0 Å². The van der Waals surface area contributed by atoms with E-state index in [0.717, 1.165) is 0 Å². The van der Waals surface area contributed by atoms with Crippen LogP contribution in [0.1, 0.15) is 33.7 Å². The molecule has 2 aromatic heterocycles. The van der Waals surface area contributed by atoms with E-state index >= 15 is 4.39 Å². The van der Waals surface area contributed by atoms with Crippen molar-refractivity contribution in [3.63, 3.8) is 0 Å². The zero-order valence-electron chi connectivity index (χ0n) is 19.9. The molecule has 0 aliphatic rings. The summed E-state index contributed by atoms with van der Waals surface area (Å²) in [6.07, 6.45) is 2.26. The fraction of sp³-hybridized carbons (Fsp3) is 0.333. The molecule has 11 nitrogen and oxygen atoms in total. The van der Waals surface area contributed by atoms with Gasteiger partial charge in [-0.15, -0.1) is 0 Å². The highest BCUT2D eigenvalue weighted by Gasteiger charge is 2.27. The average molecular weight is 528 g/mol. The van der Waals surface area contributed by atoms with Gasteiger partial charge in [0.1, 0.15) is 17.0 Å². The number of anilines is 2. The van der Waals surface area contributed by atoms with Crippen LogP contribution in [-0.4, -0.2) is 51.3 Å². The maximum Gasteiger partial charge on any atom is 0.406 e. The Balaban J connectivity index is 2.19. The molecule has 3 aromatic rings. The smallest absolute Gasteiger partial charge is 0.406 e. The maximum absolute atomic E-state index is 15.4. The Morgan fingerprint density at radius 2 is 1.83 bits per heavy atom. The first-order chi connectivity index (χ1) is 16.6. The second kappa shape index (κ2) is 9.64. The van der Waals surface area contributed by atoms with Gasteiger partial charge in [-0.1, -0.05) is 0 Å². The largest absolute Gasteiger partial charge is 0.465 e. The van der Waals surface area contributed by atoms with Gasteiger partial charge in [0, 0.05) is 29.6 Å². The number of nitrogens with zero attached hydrogens (tertiary/aromatic N) is 4. The molecule has 36 heavy (non-hydrogen) atoms. The predicted octanol–water partition coefficient (Wildman–Crippen LogP) is 3.79. The minimum absolute atomic E-state index is 0.0136. The molecule has 1 aromatic carbocycles. The van der Waals surface area contributed by atoms with Crippen LogP contribution in [0.4, 0.5) is 29.6 Å². The van der Waals surface area contributed by atoms with E-state index in [1.54, 1.807) is 18.6 Å². The molecule has 1 amide bonds. The fourth-order valence-corrected chi connectivity index (χ4v) is 3.79. The number of hydrogen-bond acceptors (Lipinski definition) is 7. The summed E-state index contributed by atoms with van der Waals surface area (Å²) < 4.78 is 70.4. The zero-order chi connectivity index (χ0) is 27.0. The van der Waals surface area contributed by atoms with Gasteiger partial charge in [-0.2, -0.15) is 5.10 Å². The van der Waals surface area contributed by atoms with Crippen molar-refractivity contribution < 1.29 is 31.5 Å². The first-order valence-corrected chi connectivity index (χ1v) is 12.3. The number of aromatic nitrogens is 4. The number of nitrogens with one attached hydrogen (secondary N) is 3. The first kappa shape index (κ1) is 26.7. The first-order valence-electron chi connectivity index (χ1n) is 10.5. The molecule has 0 bridgehead atoms. The Kier molecular flexibility index (Phi) is 7.15. The van der Waals surface area contributed by atoms with E-state index in [9.17, 15) is 22.0 Å². The van der Waals surface area contributed by atoms with Crippen molar-refractivity contribution >= 4 is 27.8 Å². The summed E-state index contributed by atoms with van der Waals surface area (Å²) in [6.45, 7) is 6.64. The van der Waals surface area contributed by atoms with Crippen molar-refractivity contribution in [1.82, 2.24) is 25.1 Å². The van der Waals surface area contributed by atoms with Gasteiger partial charge in [0.25, 0.3) is 0 Å². The van der Waals surface area contributed by atoms with Crippen LogP contribution >= 0.6 is 0 Å². The van der Waals surface area contributed by atoms with E-state index in [0.29, 0.717) is 12.3 Å². The highest BCUT2D eigenvalue weighted by Crippen LogP contribution is 2.37. The van der Waals surface area contributed by atoms with Crippen molar-refractivity contribution in [2.75, 3.05) is 16.3 Å². The molecule has 194 valence electrons. The minimum Gasteiger partial charge on any atom is -0.465 e. The van der Waals surface area contributed by atoms with Crippen LogP contribution in [-0.2, 0) is 10.0 Å². The standard InChI is InChI=1S/C21H24F3N7O4S/c1-10(2)31-9-12(14-6-7-25-19(26-14)27-21(3,4)28-20(32)33)17(29-31)11-8-13(22)16(24)18(15(11)23)30-36(5,34)35/h6-10,28,30H,1-5H3,(H,32,33)(H,25,26,27). The van der Waals surface area contributed by atoms with E-state index in [-0.39, 0.29) is 28.9 Å². The molecule has 0 spiro atoms. The normalized spacial score (nSPS) is 12.0. The topological polar surface area (TPSA) is 151 Å². The van der Waals surface area contributed by atoms with Crippen molar-refractivity contribution in [2.24, 2.45) is 0 Å². The molecular formula is C21H24F3N7O4S. The van der Waals surface area contributed by atoms with E-state index in [2.05, 4.69) is 25.7 Å². The average Bonchev–Trinajstić information content (AvgIpc) is 3.17. The molecule has 15 heteroatoms. The number of rotatable bonds is 8. The lowest BCUT2D eigenvalue weighted by molar-refractivity contribution is 0.185. The van der Waals surface area contributed by atoms with Crippen LogP contribution < -0.4 is 15.4 Å². The van der Waals surface area contributed by atoms with E-state index in [1.807, 2.05) is 0 Å². The van der Waals surface area contributed by atoms with E-state index < -0.39 is 50.5 Å². The Bertz CT molecular complexity index is 1430. The molecule has 0 unspecified atom stereocenters. The van der Waals surface area contributed by atoms with Crippen LogP contribution in [0.5, 0.6) is 0 Å². The molecule has 0 aliphatic heterocycles. The van der Waals surface area contributed by atoms with Gasteiger partial charge in [-0.05, 0) is 39.8 Å². The van der Waals surface area contributed by atoms with Crippen molar-refractivity contribution in [3.8, 4) is 22.5 Å². The van der Waals surface area contributed by atoms with Gasteiger partial charge in [-0.3, -0.25) is 14.7 Å². The molecule has 2 heterocycles. The predicted molar refractivity (Wildman–Crippen MR) is 126 cm³/mol. The molecule has 0 radical (unpaired) electrons. The molecule has 3 rings (SSSR count). The lowest BCUT2D eigenvalue weighted by Crippen LogP contribution is -2.49. The van der Waals surface area contributed by atoms with Crippen molar-refractivity contribution in [1.29, 1.82) is 0 Å². The Morgan fingerprint density at radius 1 is 1.17 bits per heavy atom. The number of halogens is 3. The highest BCUT2D eigenvalue weighted by atomic mass is 32.2. The van der Waals surface area contributed by atoms with Gasteiger partial charge in [0.05, 0.1) is 11.9 Å². The number of sulfonamides is 1. The summed E-state index contributed by atoms with van der Waals surface area (Å²) in [5, 5.41) is 18.4. The van der Waals surface area contributed by atoms with Crippen molar-refractivity contribution in [2.45, 2.75) is 39.4 Å². The molecule has 0 saturated carbocycles. The number of carboxylic acid groups (broad SMARTS) is 1. The van der Waals surface area contributed by atoms with Crippen LogP contribution in [0.25, 0.3) is 22.5 Å². The Morgan fingerprint density at radius 3 is 2.42 bits per heavy atom. The summed E-state index contributed by atoms with van der Waals surface area (Å²) in [7, 11) is -4.14. The third kappa shape index (κ3) is 6.02. The zero-order valence-corrected chi connectivity index (χ0v) is 20.7. The van der Waals surface area contributed by atoms with Crippen LogP contribution in [0.2, 0.25) is 0 Å². The van der Waals surface area contributed by atoms with Crippen LogP contribution in [0.3, 0.4) is 0 Å². The number of amides is 1. The van der Waals surface area contributed by atoms with Gasteiger partial charge in [-0.25, -0.2) is 36.4 Å². The van der Waals surface area contributed by atoms with Crippen LogP contribution in [0, 0.1) is 17.5 Å². The number of benzene rings is 1. The second-order valence-corrected chi connectivity index (χ2v) is 10.4. The molecule has 0 aliphatic carbocycles.